The molecule has 0 saturated carbocycles. The third kappa shape index (κ3) is 5.82. The zero-order valence-corrected chi connectivity index (χ0v) is 17.5. The van der Waals surface area contributed by atoms with Crippen LogP contribution in [0.15, 0.2) is 48.5 Å². The van der Waals surface area contributed by atoms with Gasteiger partial charge >= 0.3 is 0 Å². The van der Waals surface area contributed by atoms with Crippen molar-refractivity contribution in [2.45, 2.75) is 46.1 Å². The monoisotopic (exact) mass is 432 g/mol. The van der Waals surface area contributed by atoms with Gasteiger partial charge in [0, 0.05) is 23.7 Å². The predicted molar refractivity (Wildman–Crippen MR) is 119 cm³/mol. The zero-order valence-electron chi connectivity index (χ0n) is 16.7. The van der Waals surface area contributed by atoms with E-state index in [2.05, 4.69) is 5.32 Å². The van der Waals surface area contributed by atoms with Gasteiger partial charge in [-0.1, -0.05) is 45.0 Å². The number of carbonyl (C=O) groups excluding carboxylic acids is 2. The molecular weight excluding hydrogens is 403 g/mol. The van der Waals surface area contributed by atoms with Gasteiger partial charge in [-0.05, 0) is 66.6 Å². The highest BCUT2D eigenvalue weighted by Gasteiger charge is 2.31. The molecule has 3 rings (SSSR count). The van der Waals surface area contributed by atoms with E-state index in [0.29, 0.717) is 24.6 Å². The fraction of sp³-hybridized carbons (Fsp3) is 0.417. The molecule has 162 valence electrons. The number of carbonyl (C=O) groups is 2. The Morgan fingerprint density at radius 1 is 1.03 bits per heavy atom. The smallest absolute Gasteiger partial charge is 0.251 e. The first-order valence-electron chi connectivity index (χ1n) is 9.96. The van der Waals surface area contributed by atoms with Crippen molar-refractivity contribution < 1.29 is 14.0 Å². The van der Waals surface area contributed by atoms with E-state index >= 15 is 0 Å². The summed E-state index contributed by atoms with van der Waals surface area (Å²) >= 11 is 5.97. The van der Waals surface area contributed by atoms with Crippen molar-refractivity contribution in [3.63, 3.8) is 0 Å². The fourth-order valence-corrected chi connectivity index (χ4v) is 3.83. The van der Waals surface area contributed by atoms with Gasteiger partial charge in [-0.15, -0.1) is 0 Å². The van der Waals surface area contributed by atoms with E-state index in [9.17, 15) is 14.0 Å². The van der Waals surface area contributed by atoms with Crippen molar-refractivity contribution in [2.75, 3.05) is 13.1 Å². The molecule has 0 radical (unpaired) electrons. The van der Waals surface area contributed by atoms with Gasteiger partial charge in [0.15, 0.2) is 0 Å². The highest BCUT2D eigenvalue weighted by atomic mass is 35.5. The molecule has 1 aliphatic heterocycles. The van der Waals surface area contributed by atoms with Gasteiger partial charge in [-0.25, -0.2) is 4.39 Å². The Bertz CT molecular complexity index is 845. The number of rotatable bonds is 5. The Morgan fingerprint density at radius 3 is 2.13 bits per heavy atom. The van der Waals surface area contributed by atoms with Gasteiger partial charge in [0.1, 0.15) is 11.9 Å². The predicted octanol–water partition coefficient (Wildman–Crippen LogP) is 5.28. The molecule has 2 aromatic rings. The number of likely N-dealkylation sites (tertiary alicyclic amines) is 1. The number of hydrogen-bond acceptors (Lipinski definition) is 2. The number of nitrogens with zero attached hydrogens (tertiary/aromatic N) is 1. The molecule has 0 aromatic heterocycles. The van der Waals surface area contributed by atoms with Crippen LogP contribution in [0.4, 0.5) is 4.39 Å². The van der Waals surface area contributed by atoms with Crippen LogP contribution in [0.3, 0.4) is 0 Å². The summed E-state index contributed by atoms with van der Waals surface area (Å²) in [7, 11) is 0. The van der Waals surface area contributed by atoms with Crippen molar-refractivity contribution in [1.29, 1.82) is 0 Å². The van der Waals surface area contributed by atoms with E-state index < -0.39 is 11.9 Å². The Hall–Kier alpha value is -2.40. The minimum absolute atomic E-state index is 0. The van der Waals surface area contributed by atoms with E-state index in [1.807, 2.05) is 43.0 Å². The molecule has 1 heterocycles. The number of nitrogens with one attached hydrogen (secondary N) is 1. The van der Waals surface area contributed by atoms with E-state index in [-0.39, 0.29) is 25.2 Å². The quantitative estimate of drug-likeness (QED) is 0.699. The summed E-state index contributed by atoms with van der Waals surface area (Å²) in [6.45, 7) is 5.13. The average Bonchev–Trinajstić information content (AvgIpc) is 2.72. The lowest BCUT2D eigenvalue weighted by Crippen LogP contribution is -2.52. The topological polar surface area (TPSA) is 49.4 Å². The molecule has 4 nitrogen and oxygen atoms in total. The second-order valence-electron chi connectivity index (χ2n) is 7.85. The van der Waals surface area contributed by atoms with Crippen LogP contribution >= 0.6 is 11.6 Å². The highest BCUT2D eigenvalue weighted by Crippen LogP contribution is 2.29. The van der Waals surface area contributed by atoms with Crippen molar-refractivity contribution in [3.8, 4) is 0 Å². The molecule has 1 N–H and O–H groups in total. The molecule has 2 amide bonds. The first-order valence-corrected chi connectivity index (χ1v) is 10.3. The molecule has 0 spiro atoms. The minimum atomic E-state index is -0.611. The molecule has 6 heteroatoms. The van der Waals surface area contributed by atoms with Gasteiger partial charge in [-0.2, -0.15) is 0 Å². The first kappa shape index (κ1) is 23.9. The van der Waals surface area contributed by atoms with Crippen molar-refractivity contribution in [1.82, 2.24) is 10.2 Å². The maximum Gasteiger partial charge on any atom is 0.251 e. The third-order valence-electron chi connectivity index (χ3n) is 5.47. The van der Waals surface area contributed by atoms with Crippen molar-refractivity contribution in [2.24, 2.45) is 5.92 Å². The molecular formula is C24H30ClFN2O2. The molecule has 30 heavy (non-hydrogen) atoms. The van der Waals surface area contributed by atoms with E-state index in [4.69, 9.17) is 11.6 Å². The molecule has 1 saturated heterocycles. The summed E-state index contributed by atoms with van der Waals surface area (Å²) in [4.78, 5) is 27.4. The standard InChI is InChI=1S/C23H26ClFN2O2.CH4/c1-15(2)21(26-22(28)18-5-9-20(25)10-6-18)23(29)27-13-11-17(12-14-27)16-3-7-19(24)8-4-16;/h3-10,15,17,21H,11-14H2,1-2H3,(H,26,28);1H4/t21-;/m1./s1. The fourth-order valence-electron chi connectivity index (χ4n) is 3.70. The van der Waals surface area contributed by atoms with Crippen LogP contribution in [0.5, 0.6) is 0 Å². The summed E-state index contributed by atoms with van der Waals surface area (Å²) in [5, 5.41) is 3.55. The summed E-state index contributed by atoms with van der Waals surface area (Å²) in [6, 6.07) is 12.6. The molecule has 0 unspecified atom stereocenters. The molecule has 2 aromatic carbocycles. The van der Waals surface area contributed by atoms with E-state index in [1.54, 1.807) is 0 Å². The van der Waals surface area contributed by atoms with Crippen LogP contribution in [-0.2, 0) is 4.79 Å². The summed E-state index contributed by atoms with van der Waals surface area (Å²) in [5.41, 5.74) is 1.58. The summed E-state index contributed by atoms with van der Waals surface area (Å²) in [6.07, 6.45) is 1.76. The third-order valence-corrected chi connectivity index (χ3v) is 5.73. The van der Waals surface area contributed by atoms with Crippen molar-refractivity contribution in [3.05, 3.63) is 70.5 Å². The molecule has 1 atom stereocenters. The lowest BCUT2D eigenvalue weighted by molar-refractivity contribution is -0.135. The first-order chi connectivity index (χ1) is 13.8. The highest BCUT2D eigenvalue weighted by molar-refractivity contribution is 6.30. The maximum atomic E-state index is 13.1. The normalized spacial score (nSPS) is 15.4. The maximum absolute atomic E-state index is 13.1. The van der Waals surface area contributed by atoms with Gasteiger partial charge < -0.3 is 10.2 Å². The Morgan fingerprint density at radius 2 is 1.60 bits per heavy atom. The van der Waals surface area contributed by atoms with E-state index in [1.165, 1.54) is 29.8 Å². The number of benzene rings is 2. The van der Waals surface area contributed by atoms with Crippen LogP contribution in [0, 0.1) is 11.7 Å². The van der Waals surface area contributed by atoms with E-state index in [0.717, 1.165) is 17.9 Å². The Labute approximate surface area is 183 Å². The number of amides is 2. The van der Waals surface area contributed by atoms with Gasteiger partial charge in [-0.3, -0.25) is 9.59 Å². The lowest BCUT2D eigenvalue weighted by atomic mass is 9.89. The van der Waals surface area contributed by atoms with Crippen LogP contribution < -0.4 is 5.32 Å². The number of halogens is 2. The SMILES string of the molecule is C.CC(C)[C@@H](NC(=O)c1ccc(F)cc1)C(=O)N1CCC(c2ccc(Cl)cc2)CC1. The van der Waals surface area contributed by atoms with Gasteiger partial charge in [0.05, 0.1) is 0 Å². The molecule has 1 fully saturated rings. The van der Waals surface area contributed by atoms with Crippen LogP contribution in [-0.4, -0.2) is 35.8 Å². The summed E-state index contributed by atoms with van der Waals surface area (Å²) < 4.78 is 13.1. The average molecular weight is 433 g/mol. The lowest BCUT2D eigenvalue weighted by Gasteiger charge is -2.35. The van der Waals surface area contributed by atoms with Gasteiger partial charge in [0.25, 0.3) is 5.91 Å². The number of hydrogen-bond donors (Lipinski definition) is 1. The molecule has 0 bridgehead atoms. The number of piperidine rings is 1. The second kappa shape index (κ2) is 10.6. The molecule has 0 aliphatic carbocycles. The van der Waals surface area contributed by atoms with Crippen LogP contribution in [0.2, 0.25) is 5.02 Å². The van der Waals surface area contributed by atoms with Crippen LogP contribution in [0.1, 0.15) is 56.0 Å². The van der Waals surface area contributed by atoms with Crippen molar-refractivity contribution >= 4 is 23.4 Å². The minimum Gasteiger partial charge on any atom is -0.341 e. The second-order valence-corrected chi connectivity index (χ2v) is 8.29. The van der Waals surface area contributed by atoms with Crippen LogP contribution in [0.25, 0.3) is 0 Å². The Balaban J connectivity index is 0.00000320. The summed E-state index contributed by atoms with van der Waals surface area (Å²) in [5.74, 6) is -0.483. The Kier molecular flexibility index (Phi) is 8.42. The molecule has 1 aliphatic rings. The van der Waals surface area contributed by atoms with Gasteiger partial charge in [0.2, 0.25) is 5.91 Å². The largest absolute Gasteiger partial charge is 0.341 e. The zero-order chi connectivity index (χ0) is 21.0.